The molecule has 2 heterocycles. The molecule has 20 heavy (non-hydrogen) atoms. The minimum absolute atomic E-state index is 0.401. The van der Waals surface area contributed by atoms with Gasteiger partial charge in [0.25, 0.3) is 0 Å². The number of hydrogen-bond acceptors (Lipinski definition) is 3. The van der Waals surface area contributed by atoms with Crippen molar-refractivity contribution < 1.29 is 9.47 Å². The van der Waals surface area contributed by atoms with Crippen molar-refractivity contribution in [3.8, 4) is 5.75 Å². The zero-order valence-corrected chi connectivity index (χ0v) is 12.1. The van der Waals surface area contributed by atoms with Crippen LogP contribution < -0.4 is 4.74 Å². The summed E-state index contributed by atoms with van der Waals surface area (Å²) in [5, 5.41) is 1.05. The lowest BCUT2D eigenvalue weighted by molar-refractivity contribution is 0.0500. The third-order valence-corrected chi connectivity index (χ3v) is 3.96. The van der Waals surface area contributed by atoms with Crippen LogP contribution in [0.15, 0.2) is 30.3 Å². The number of fused-ring (bicyclic) bond motifs is 1. The molecule has 106 valence electrons. The third-order valence-electron chi connectivity index (χ3n) is 3.68. The predicted octanol–water partition coefficient (Wildman–Crippen LogP) is 3.78. The zero-order chi connectivity index (χ0) is 13.8. The number of benzene rings is 1. The maximum atomic E-state index is 6.05. The van der Waals surface area contributed by atoms with Gasteiger partial charge in [-0.15, -0.1) is 11.6 Å². The Morgan fingerprint density at radius 1 is 1.25 bits per heavy atom. The summed E-state index contributed by atoms with van der Waals surface area (Å²) in [6, 6.07) is 9.97. The summed E-state index contributed by atoms with van der Waals surface area (Å²) in [6.45, 7) is 2.43. The number of ether oxygens (including phenoxy) is 2. The Bertz CT molecular complexity index is 582. The van der Waals surface area contributed by atoms with E-state index in [1.54, 1.807) is 0 Å². The molecule has 1 saturated heterocycles. The van der Waals surface area contributed by atoms with Gasteiger partial charge in [0.1, 0.15) is 5.75 Å². The van der Waals surface area contributed by atoms with Crippen LogP contribution in [0.25, 0.3) is 10.9 Å². The number of para-hydroxylation sites is 1. The van der Waals surface area contributed by atoms with Crippen LogP contribution in [-0.4, -0.2) is 24.8 Å². The first kappa shape index (κ1) is 13.7. The Balaban J connectivity index is 1.81. The second-order valence-corrected chi connectivity index (χ2v) is 5.40. The first-order valence-electron chi connectivity index (χ1n) is 7.02. The summed E-state index contributed by atoms with van der Waals surface area (Å²) >= 11 is 5.91. The number of aromatic nitrogens is 1. The van der Waals surface area contributed by atoms with Gasteiger partial charge in [-0.05, 0) is 30.9 Å². The molecule has 0 amide bonds. The van der Waals surface area contributed by atoms with Crippen LogP contribution in [0.4, 0.5) is 0 Å². The minimum Gasteiger partial charge on any atom is -0.493 e. The standard InChI is InChI=1S/C16H18ClNO2/c17-10-13-9-16(14-3-1-2-4-15(14)18-13)20-11-12-5-7-19-8-6-12/h1-4,9,12H,5-8,10-11H2. The molecule has 4 heteroatoms. The van der Waals surface area contributed by atoms with Gasteiger partial charge in [0.05, 0.1) is 23.7 Å². The molecule has 1 aliphatic heterocycles. The maximum Gasteiger partial charge on any atom is 0.130 e. The van der Waals surface area contributed by atoms with Crippen molar-refractivity contribution in [1.82, 2.24) is 4.98 Å². The Labute approximate surface area is 123 Å². The molecule has 0 N–H and O–H groups in total. The Kier molecular flexibility index (Phi) is 4.38. The van der Waals surface area contributed by atoms with Crippen molar-refractivity contribution in [2.24, 2.45) is 5.92 Å². The van der Waals surface area contributed by atoms with E-state index in [-0.39, 0.29) is 0 Å². The van der Waals surface area contributed by atoms with Crippen LogP contribution in [0.2, 0.25) is 0 Å². The Hall–Kier alpha value is -1.32. The van der Waals surface area contributed by atoms with E-state index in [0.717, 1.165) is 55.0 Å². The highest BCUT2D eigenvalue weighted by molar-refractivity contribution is 6.17. The molecule has 3 nitrogen and oxygen atoms in total. The first-order valence-corrected chi connectivity index (χ1v) is 7.55. The van der Waals surface area contributed by atoms with Gasteiger partial charge in [0, 0.05) is 24.7 Å². The van der Waals surface area contributed by atoms with E-state index in [0.29, 0.717) is 11.8 Å². The Morgan fingerprint density at radius 3 is 2.85 bits per heavy atom. The van der Waals surface area contributed by atoms with E-state index < -0.39 is 0 Å². The van der Waals surface area contributed by atoms with Crippen LogP contribution in [0.5, 0.6) is 5.75 Å². The second kappa shape index (κ2) is 6.42. The summed E-state index contributed by atoms with van der Waals surface area (Å²) in [7, 11) is 0. The molecular weight excluding hydrogens is 274 g/mol. The fourth-order valence-corrected chi connectivity index (χ4v) is 2.64. The molecule has 0 radical (unpaired) electrons. The highest BCUT2D eigenvalue weighted by Gasteiger charge is 2.15. The molecule has 0 bridgehead atoms. The second-order valence-electron chi connectivity index (χ2n) is 5.13. The molecule has 0 atom stereocenters. The highest BCUT2D eigenvalue weighted by atomic mass is 35.5. The van der Waals surface area contributed by atoms with E-state index in [1.165, 1.54) is 0 Å². The van der Waals surface area contributed by atoms with Gasteiger partial charge < -0.3 is 9.47 Å². The number of halogens is 1. The first-order chi connectivity index (χ1) is 9.86. The highest BCUT2D eigenvalue weighted by Crippen LogP contribution is 2.27. The van der Waals surface area contributed by atoms with E-state index in [4.69, 9.17) is 21.1 Å². The summed E-state index contributed by atoms with van der Waals surface area (Å²) in [6.07, 6.45) is 2.15. The van der Waals surface area contributed by atoms with Crippen LogP contribution in [0.1, 0.15) is 18.5 Å². The molecule has 2 aromatic rings. The molecule has 0 unspecified atom stereocenters. The molecule has 1 aliphatic rings. The number of hydrogen-bond donors (Lipinski definition) is 0. The van der Waals surface area contributed by atoms with Gasteiger partial charge in [-0.1, -0.05) is 12.1 Å². The molecule has 0 spiro atoms. The lowest BCUT2D eigenvalue weighted by Gasteiger charge is -2.22. The number of pyridine rings is 1. The average molecular weight is 292 g/mol. The molecule has 3 rings (SSSR count). The quantitative estimate of drug-likeness (QED) is 0.803. The SMILES string of the molecule is ClCc1cc(OCC2CCOCC2)c2ccccc2n1. The normalized spacial score (nSPS) is 16.4. The van der Waals surface area contributed by atoms with Crippen molar-refractivity contribution in [2.75, 3.05) is 19.8 Å². The van der Waals surface area contributed by atoms with Gasteiger partial charge in [-0.25, -0.2) is 0 Å². The van der Waals surface area contributed by atoms with Crippen molar-refractivity contribution in [3.63, 3.8) is 0 Å². The molecule has 0 saturated carbocycles. The van der Waals surface area contributed by atoms with E-state index >= 15 is 0 Å². The summed E-state index contributed by atoms with van der Waals surface area (Å²) < 4.78 is 11.4. The maximum absolute atomic E-state index is 6.05. The number of nitrogens with zero attached hydrogens (tertiary/aromatic N) is 1. The molecule has 1 aromatic heterocycles. The smallest absolute Gasteiger partial charge is 0.130 e. The van der Waals surface area contributed by atoms with Gasteiger partial charge in [-0.2, -0.15) is 0 Å². The van der Waals surface area contributed by atoms with Crippen LogP contribution in [0, 0.1) is 5.92 Å². The van der Waals surface area contributed by atoms with Gasteiger partial charge >= 0.3 is 0 Å². The molecule has 1 aromatic carbocycles. The topological polar surface area (TPSA) is 31.4 Å². The largest absolute Gasteiger partial charge is 0.493 e. The zero-order valence-electron chi connectivity index (χ0n) is 11.3. The third kappa shape index (κ3) is 3.05. The average Bonchev–Trinajstić information content (AvgIpc) is 2.53. The predicted molar refractivity (Wildman–Crippen MR) is 80.3 cm³/mol. The van der Waals surface area contributed by atoms with Gasteiger partial charge in [0.2, 0.25) is 0 Å². The Morgan fingerprint density at radius 2 is 2.05 bits per heavy atom. The van der Waals surface area contributed by atoms with E-state index in [9.17, 15) is 0 Å². The monoisotopic (exact) mass is 291 g/mol. The number of rotatable bonds is 4. The molecule has 0 aliphatic carbocycles. The van der Waals surface area contributed by atoms with Gasteiger partial charge in [-0.3, -0.25) is 4.98 Å². The van der Waals surface area contributed by atoms with Crippen LogP contribution in [0.3, 0.4) is 0 Å². The minimum atomic E-state index is 0.401. The fraction of sp³-hybridized carbons (Fsp3) is 0.438. The van der Waals surface area contributed by atoms with Crippen molar-refractivity contribution >= 4 is 22.5 Å². The van der Waals surface area contributed by atoms with Crippen LogP contribution >= 0.6 is 11.6 Å². The lowest BCUT2D eigenvalue weighted by Crippen LogP contribution is -2.21. The summed E-state index contributed by atoms with van der Waals surface area (Å²) in [4.78, 5) is 4.52. The lowest BCUT2D eigenvalue weighted by atomic mass is 10.0. The van der Waals surface area contributed by atoms with E-state index in [1.807, 2.05) is 30.3 Å². The summed E-state index contributed by atoms with van der Waals surface area (Å²) in [5.41, 5.74) is 1.79. The number of alkyl halides is 1. The van der Waals surface area contributed by atoms with Crippen molar-refractivity contribution in [2.45, 2.75) is 18.7 Å². The van der Waals surface area contributed by atoms with Crippen molar-refractivity contribution in [3.05, 3.63) is 36.0 Å². The summed E-state index contributed by atoms with van der Waals surface area (Å²) in [5.74, 6) is 1.87. The van der Waals surface area contributed by atoms with E-state index in [2.05, 4.69) is 4.98 Å². The molecular formula is C16H18ClNO2. The fourth-order valence-electron chi connectivity index (χ4n) is 2.50. The van der Waals surface area contributed by atoms with Crippen molar-refractivity contribution in [1.29, 1.82) is 0 Å². The van der Waals surface area contributed by atoms with Crippen LogP contribution in [-0.2, 0) is 10.6 Å². The molecule has 1 fully saturated rings. The van der Waals surface area contributed by atoms with Gasteiger partial charge in [0.15, 0.2) is 0 Å².